The number of rotatable bonds is 12. The number of aliphatic hydroxyl groups excluding tert-OH is 1. The van der Waals surface area contributed by atoms with Gasteiger partial charge in [-0.15, -0.1) is 0 Å². The fraction of sp³-hybridized carbons (Fsp3) is 0.762. The highest BCUT2D eigenvalue weighted by molar-refractivity contribution is 5.68. The Hall–Kier alpha value is -1.27. The van der Waals surface area contributed by atoms with Crippen LogP contribution in [0.2, 0.25) is 0 Å². The van der Waals surface area contributed by atoms with Crippen LogP contribution in [0.15, 0.2) is 12.2 Å². The summed E-state index contributed by atoms with van der Waals surface area (Å²) in [5, 5.41) is 9.68. The molecule has 3 atom stereocenters. The molecule has 0 aromatic rings. The van der Waals surface area contributed by atoms with E-state index in [-0.39, 0.29) is 5.97 Å². The number of carbonyl (C=O) groups excluding carboxylic acids is 1. The second-order valence-electron chi connectivity index (χ2n) is 6.86. The minimum Gasteiger partial charge on any atom is -0.469 e. The molecule has 0 saturated heterocycles. The molecule has 1 aliphatic carbocycles. The van der Waals surface area contributed by atoms with Gasteiger partial charge in [0.2, 0.25) is 0 Å². The van der Waals surface area contributed by atoms with Crippen molar-refractivity contribution >= 4 is 5.97 Å². The maximum absolute atomic E-state index is 11.0. The van der Waals surface area contributed by atoms with Crippen molar-refractivity contribution in [2.45, 2.75) is 83.7 Å². The van der Waals surface area contributed by atoms with E-state index < -0.39 is 6.10 Å². The van der Waals surface area contributed by atoms with Gasteiger partial charge in [-0.1, -0.05) is 50.5 Å². The molecule has 136 valence electrons. The minimum absolute atomic E-state index is 0.0934. The van der Waals surface area contributed by atoms with Crippen molar-refractivity contribution in [2.24, 2.45) is 11.8 Å². The average molecular weight is 335 g/mol. The molecule has 1 saturated carbocycles. The van der Waals surface area contributed by atoms with Crippen molar-refractivity contribution in [3.8, 4) is 11.8 Å². The van der Waals surface area contributed by atoms with Gasteiger partial charge in [-0.05, 0) is 56.4 Å². The number of ether oxygens (including phenoxy) is 1. The van der Waals surface area contributed by atoms with Gasteiger partial charge in [-0.2, -0.15) is 0 Å². The van der Waals surface area contributed by atoms with E-state index in [1.165, 1.54) is 39.2 Å². The molecule has 1 fully saturated rings. The molecule has 0 spiro atoms. The third-order valence-corrected chi connectivity index (χ3v) is 4.74. The largest absolute Gasteiger partial charge is 0.469 e. The second-order valence-corrected chi connectivity index (χ2v) is 6.86. The smallest absolute Gasteiger partial charge is 0.305 e. The summed E-state index contributed by atoms with van der Waals surface area (Å²) in [4.78, 5) is 11.0. The zero-order valence-corrected chi connectivity index (χ0v) is 15.4. The van der Waals surface area contributed by atoms with Crippen LogP contribution in [0.5, 0.6) is 0 Å². The van der Waals surface area contributed by atoms with Gasteiger partial charge in [0.05, 0.1) is 7.11 Å². The summed E-state index contributed by atoms with van der Waals surface area (Å²) in [6, 6.07) is 0. The highest BCUT2D eigenvalue weighted by Gasteiger charge is 2.34. The van der Waals surface area contributed by atoms with Gasteiger partial charge in [0.15, 0.2) is 0 Å². The number of hydrogen-bond acceptors (Lipinski definition) is 3. The lowest BCUT2D eigenvalue weighted by molar-refractivity contribution is -0.140. The Bertz CT molecular complexity index is 430. The van der Waals surface area contributed by atoms with Crippen molar-refractivity contribution in [1.82, 2.24) is 0 Å². The number of carbonyl (C=O) groups is 1. The second kappa shape index (κ2) is 13.1. The quantitative estimate of drug-likeness (QED) is 0.321. The van der Waals surface area contributed by atoms with Crippen LogP contribution in [0.4, 0.5) is 0 Å². The van der Waals surface area contributed by atoms with Gasteiger partial charge in [-0.3, -0.25) is 4.79 Å². The van der Waals surface area contributed by atoms with Crippen LogP contribution in [0.1, 0.15) is 77.6 Å². The normalized spacial score (nSPS) is 20.5. The van der Waals surface area contributed by atoms with E-state index in [2.05, 4.69) is 29.6 Å². The van der Waals surface area contributed by atoms with Gasteiger partial charge < -0.3 is 9.84 Å². The third kappa shape index (κ3) is 10.5. The fourth-order valence-corrected chi connectivity index (χ4v) is 3.05. The van der Waals surface area contributed by atoms with E-state index in [9.17, 15) is 9.90 Å². The van der Waals surface area contributed by atoms with Crippen LogP contribution in [0.3, 0.4) is 0 Å². The molecule has 0 heterocycles. The van der Waals surface area contributed by atoms with E-state index >= 15 is 0 Å². The molecule has 0 unspecified atom stereocenters. The van der Waals surface area contributed by atoms with Crippen LogP contribution >= 0.6 is 0 Å². The van der Waals surface area contributed by atoms with Gasteiger partial charge in [0.25, 0.3) is 0 Å². The van der Waals surface area contributed by atoms with Crippen LogP contribution in [-0.2, 0) is 9.53 Å². The summed E-state index contributed by atoms with van der Waals surface area (Å²) in [5.41, 5.74) is 0. The molecule has 0 amide bonds. The lowest BCUT2D eigenvalue weighted by atomic mass is 10.1. The molecule has 24 heavy (non-hydrogen) atoms. The standard InChI is InChI=1S/C21H34O3/c1-3-4-7-14-20(22)15-9-6-5-8-12-18-17-19(18)13-10-11-16-21(23)24-2/h5-6,18-20,22H,3-4,7-8,10-14,16-17H2,1-2H3/t18-,19+,20+/m0/s1. The predicted molar refractivity (Wildman–Crippen MR) is 98.4 cm³/mol. The van der Waals surface area contributed by atoms with E-state index in [0.717, 1.165) is 43.9 Å². The average Bonchev–Trinajstić information content (AvgIpc) is 3.33. The lowest BCUT2D eigenvalue weighted by Gasteiger charge is -2.00. The Morgan fingerprint density at radius 2 is 2.04 bits per heavy atom. The molecule has 1 rings (SSSR count). The molecular formula is C21H34O3. The number of unbranched alkanes of at least 4 members (excludes halogenated alkanes) is 3. The molecular weight excluding hydrogens is 300 g/mol. The van der Waals surface area contributed by atoms with Crippen molar-refractivity contribution in [1.29, 1.82) is 0 Å². The zero-order chi connectivity index (χ0) is 17.6. The molecule has 0 aliphatic heterocycles. The van der Waals surface area contributed by atoms with Crippen molar-refractivity contribution in [3.63, 3.8) is 0 Å². The third-order valence-electron chi connectivity index (χ3n) is 4.74. The summed E-state index contributed by atoms with van der Waals surface area (Å²) in [7, 11) is 1.45. The maximum atomic E-state index is 11.0. The lowest BCUT2D eigenvalue weighted by Crippen LogP contribution is -2.01. The Morgan fingerprint density at radius 3 is 2.79 bits per heavy atom. The number of methoxy groups -OCH3 is 1. The van der Waals surface area contributed by atoms with E-state index in [4.69, 9.17) is 0 Å². The Kier molecular flexibility index (Phi) is 11.3. The fourth-order valence-electron chi connectivity index (χ4n) is 3.05. The van der Waals surface area contributed by atoms with Crippen LogP contribution in [0, 0.1) is 23.7 Å². The molecule has 1 aliphatic rings. The van der Waals surface area contributed by atoms with E-state index in [1.807, 2.05) is 6.08 Å². The van der Waals surface area contributed by atoms with Gasteiger partial charge in [0, 0.05) is 6.42 Å². The molecule has 0 radical (unpaired) electrons. The van der Waals surface area contributed by atoms with E-state index in [1.54, 1.807) is 0 Å². The molecule has 0 bridgehead atoms. The summed E-state index contributed by atoms with van der Waals surface area (Å²) in [6.07, 6.45) is 15.2. The summed E-state index contributed by atoms with van der Waals surface area (Å²) >= 11 is 0. The maximum Gasteiger partial charge on any atom is 0.305 e. The van der Waals surface area contributed by atoms with Gasteiger partial charge in [0.1, 0.15) is 6.10 Å². The first kappa shape index (κ1) is 20.8. The van der Waals surface area contributed by atoms with Crippen LogP contribution in [0.25, 0.3) is 0 Å². The zero-order valence-electron chi connectivity index (χ0n) is 15.4. The summed E-state index contributed by atoms with van der Waals surface area (Å²) in [5.74, 6) is 7.47. The van der Waals surface area contributed by atoms with E-state index in [0.29, 0.717) is 6.42 Å². The first-order valence-electron chi connectivity index (χ1n) is 9.58. The molecule has 3 heteroatoms. The van der Waals surface area contributed by atoms with Gasteiger partial charge >= 0.3 is 5.97 Å². The number of allylic oxidation sites excluding steroid dienone is 2. The molecule has 0 aromatic heterocycles. The Morgan fingerprint density at radius 1 is 1.25 bits per heavy atom. The highest BCUT2D eigenvalue weighted by atomic mass is 16.5. The van der Waals surface area contributed by atoms with Crippen molar-refractivity contribution in [2.75, 3.05) is 7.11 Å². The topological polar surface area (TPSA) is 46.5 Å². The first-order valence-corrected chi connectivity index (χ1v) is 9.58. The van der Waals surface area contributed by atoms with Crippen molar-refractivity contribution in [3.05, 3.63) is 12.2 Å². The first-order chi connectivity index (χ1) is 11.7. The van der Waals surface area contributed by atoms with Gasteiger partial charge in [-0.25, -0.2) is 0 Å². The van der Waals surface area contributed by atoms with Crippen LogP contribution < -0.4 is 0 Å². The highest BCUT2D eigenvalue weighted by Crippen LogP contribution is 2.45. The summed E-state index contributed by atoms with van der Waals surface area (Å²) in [6.45, 7) is 2.16. The van der Waals surface area contributed by atoms with Crippen molar-refractivity contribution < 1.29 is 14.6 Å². The molecule has 0 aromatic carbocycles. The molecule has 1 N–H and O–H groups in total. The summed E-state index contributed by atoms with van der Waals surface area (Å²) < 4.78 is 4.65. The minimum atomic E-state index is -0.473. The number of esters is 1. The number of aliphatic hydroxyl groups is 1. The Balaban J connectivity index is 1.98. The van der Waals surface area contributed by atoms with Crippen LogP contribution in [-0.4, -0.2) is 24.3 Å². The Labute approximate surface area is 147 Å². The number of hydrogen-bond donors (Lipinski definition) is 1. The molecule has 3 nitrogen and oxygen atoms in total. The monoisotopic (exact) mass is 334 g/mol. The predicted octanol–water partition coefficient (Wildman–Crippen LogP) is 4.64. The SMILES string of the molecule is CCCCC[C@@H](O)C#CC=CCC[C@H]1C[C@H]1CCCCC(=O)OC.